The minimum Gasteiger partial charge on any atom is -0.309 e. The van der Waals surface area contributed by atoms with E-state index in [1.54, 1.807) is 0 Å². The quantitative estimate of drug-likeness (QED) is 0.713. The monoisotopic (exact) mass is 237 g/mol. The van der Waals surface area contributed by atoms with E-state index >= 15 is 0 Å². The Balaban J connectivity index is 0.00000225. The van der Waals surface area contributed by atoms with Crippen LogP contribution in [0, 0.1) is 0 Å². The summed E-state index contributed by atoms with van der Waals surface area (Å²) in [5, 5.41) is 3.50. The molecule has 0 heterocycles. The first-order valence-corrected chi connectivity index (χ1v) is 5.36. The van der Waals surface area contributed by atoms with Gasteiger partial charge in [-0.1, -0.05) is 42.5 Å². The van der Waals surface area contributed by atoms with Crippen molar-refractivity contribution in [2.75, 3.05) is 0 Å². The van der Waals surface area contributed by atoms with Crippen molar-refractivity contribution in [3.8, 4) is 0 Å². The Labute approximate surface area is 105 Å². The minimum atomic E-state index is 0. The molecule has 0 unspecified atom stereocenters. The normalized spacial score (nSPS) is 9.56. The van der Waals surface area contributed by atoms with Crippen molar-refractivity contribution in [2.45, 2.75) is 25.4 Å². The smallest absolute Gasteiger partial charge is 0.0208 e. The van der Waals surface area contributed by atoms with Crippen molar-refractivity contribution in [1.29, 1.82) is 0 Å². The maximum Gasteiger partial charge on any atom is 0.0208 e. The molecule has 0 saturated carbocycles. The Bertz CT molecular complexity index is 285. The second kappa shape index (κ2) is 9.20. The predicted molar refractivity (Wildman–Crippen MR) is 73.9 cm³/mol. The zero-order chi connectivity index (χ0) is 10.9. The van der Waals surface area contributed by atoms with Gasteiger partial charge in [0.25, 0.3) is 0 Å². The molecule has 0 aliphatic heterocycles. The van der Waals surface area contributed by atoms with Gasteiger partial charge in [0.05, 0.1) is 0 Å². The van der Waals surface area contributed by atoms with E-state index < -0.39 is 0 Å². The summed E-state index contributed by atoms with van der Waals surface area (Å²) in [6.07, 6.45) is 5.87. The lowest BCUT2D eigenvalue weighted by Crippen LogP contribution is -2.27. The number of rotatable bonds is 7. The molecule has 0 saturated heterocycles. The Morgan fingerprint density at radius 1 is 1.06 bits per heavy atom. The highest BCUT2D eigenvalue weighted by Gasteiger charge is 2.03. The predicted octanol–water partition coefficient (Wildman–Crippen LogP) is 3.72. The van der Waals surface area contributed by atoms with E-state index in [1.165, 1.54) is 5.56 Å². The summed E-state index contributed by atoms with van der Waals surface area (Å²) in [6, 6.07) is 10.9. The molecule has 16 heavy (non-hydrogen) atoms. The fourth-order valence-electron chi connectivity index (χ4n) is 1.52. The SMILES string of the molecule is C=CCC(CC=C)NCc1ccccc1.Cl. The fraction of sp³-hybridized carbons (Fsp3) is 0.286. The van der Waals surface area contributed by atoms with E-state index in [1.807, 2.05) is 18.2 Å². The van der Waals surface area contributed by atoms with E-state index in [0.717, 1.165) is 19.4 Å². The molecule has 0 aliphatic rings. The summed E-state index contributed by atoms with van der Waals surface area (Å²) in [4.78, 5) is 0. The highest BCUT2D eigenvalue weighted by molar-refractivity contribution is 5.85. The first kappa shape index (κ1) is 14.9. The highest BCUT2D eigenvalue weighted by atomic mass is 35.5. The van der Waals surface area contributed by atoms with Crippen LogP contribution in [0.5, 0.6) is 0 Å². The maximum atomic E-state index is 3.76. The molecule has 0 aliphatic carbocycles. The lowest BCUT2D eigenvalue weighted by Gasteiger charge is -2.15. The Morgan fingerprint density at radius 2 is 1.62 bits per heavy atom. The number of halogens is 1. The largest absolute Gasteiger partial charge is 0.309 e. The fourth-order valence-corrected chi connectivity index (χ4v) is 1.52. The lowest BCUT2D eigenvalue weighted by molar-refractivity contribution is 0.520. The number of nitrogens with one attached hydrogen (secondary N) is 1. The molecule has 1 aromatic rings. The van der Waals surface area contributed by atoms with E-state index in [2.05, 4.69) is 42.7 Å². The zero-order valence-corrected chi connectivity index (χ0v) is 10.4. The standard InChI is InChI=1S/C14H19N.ClH/c1-3-8-14(9-4-2)15-12-13-10-6-5-7-11-13;/h3-7,10-11,14-15H,1-2,8-9,12H2;1H. The second-order valence-electron chi connectivity index (χ2n) is 3.61. The van der Waals surface area contributed by atoms with Crippen LogP contribution >= 0.6 is 12.4 Å². The molecule has 0 spiro atoms. The molecule has 88 valence electrons. The van der Waals surface area contributed by atoms with Crippen LogP contribution < -0.4 is 5.32 Å². The number of hydrogen-bond acceptors (Lipinski definition) is 1. The van der Waals surface area contributed by atoms with Gasteiger partial charge in [0.15, 0.2) is 0 Å². The van der Waals surface area contributed by atoms with Gasteiger partial charge in [-0.2, -0.15) is 0 Å². The Morgan fingerprint density at radius 3 is 2.12 bits per heavy atom. The summed E-state index contributed by atoms with van der Waals surface area (Å²) in [5.74, 6) is 0. The molecule has 1 N–H and O–H groups in total. The molecule has 1 aromatic carbocycles. The molecule has 0 radical (unpaired) electrons. The third-order valence-electron chi connectivity index (χ3n) is 2.34. The maximum absolute atomic E-state index is 3.76. The Hall–Kier alpha value is -1.05. The third kappa shape index (κ3) is 5.74. The molecule has 0 atom stereocenters. The first-order valence-electron chi connectivity index (χ1n) is 5.36. The molecular formula is C14H20ClN. The van der Waals surface area contributed by atoms with Crippen molar-refractivity contribution >= 4 is 12.4 Å². The summed E-state index contributed by atoms with van der Waals surface area (Å²) in [5.41, 5.74) is 1.32. The molecule has 2 heteroatoms. The van der Waals surface area contributed by atoms with Gasteiger partial charge >= 0.3 is 0 Å². The van der Waals surface area contributed by atoms with Gasteiger partial charge in [-0.3, -0.25) is 0 Å². The first-order chi connectivity index (χ1) is 7.36. The van der Waals surface area contributed by atoms with Gasteiger partial charge in [-0.25, -0.2) is 0 Å². The van der Waals surface area contributed by atoms with E-state index in [-0.39, 0.29) is 12.4 Å². The average Bonchev–Trinajstić information content (AvgIpc) is 2.28. The van der Waals surface area contributed by atoms with Crippen LogP contribution in [0.15, 0.2) is 55.6 Å². The van der Waals surface area contributed by atoms with Crippen LogP contribution in [0.2, 0.25) is 0 Å². The van der Waals surface area contributed by atoms with Crippen LogP contribution in [-0.4, -0.2) is 6.04 Å². The van der Waals surface area contributed by atoms with Crippen molar-refractivity contribution < 1.29 is 0 Å². The average molecular weight is 238 g/mol. The third-order valence-corrected chi connectivity index (χ3v) is 2.34. The van der Waals surface area contributed by atoms with E-state index in [9.17, 15) is 0 Å². The van der Waals surface area contributed by atoms with Gasteiger partial charge in [-0.05, 0) is 18.4 Å². The number of benzene rings is 1. The van der Waals surface area contributed by atoms with Crippen LogP contribution in [0.3, 0.4) is 0 Å². The van der Waals surface area contributed by atoms with Crippen molar-refractivity contribution in [3.05, 3.63) is 61.2 Å². The molecule has 0 amide bonds. The molecule has 0 bridgehead atoms. The van der Waals surface area contributed by atoms with Crippen LogP contribution in [0.4, 0.5) is 0 Å². The van der Waals surface area contributed by atoms with Crippen molar-refractivity contribution in [2.24, 2.45) is 0 Å². The molecule has 1 nitrogen and oxygen atoms in total. The molecule has 1 rings (SSSR count). The lowest BCUT2D eigenvalue weighted by atomic mass is 10.1. The van der Waals surface area contributed by atoms with Gasteiger partial charge < -0.3 is 5.32 Å². The molecular weight excluding hydrogens is 218 g/mol. The van der Waals surface area contributed by atoms with Gasteiger partial charge in [0.2, 0.25) is 0 Å². The van der Waals surface area contributed by atoms with Crippen LogP contribution in [0.1, 0.15) is 18.4 Å². The molecule has 0 aromatic heterocycles. The van der Waals surface area contributed by atoms with Crippen molar-refractivity contribution in [3.63, 3.8) is 0 Å². The topological polar surface area (TPSA) is 12.0 Å². The summed E-state index contributed by atoms with van der Waals surface area (Å²) in [6.45, 7) is 8.44. The number of hydrogen-bond donors (Lipinski definition) is 1. The second-order valence-corrected chi connectivity index (χ2v) is 3.61. The summed E-state index contributed by atoms with van der Waals surface area (Å²) in [7, 11) is 0. The van der Waals surface area contributed by atoms with Crippen LogP contribution in [-0.2, 0) is 6.54 Å². The zero-order valence-electron chi connectivity index (χ0n) is 9.56. The minimum absolute atomic E-state index is 0. The van der Waals surface area contributed by atoms with E-state index in [4.69, 9.17) is 0 Å². The van der Waals surface area contributed by atoms with Gasteiger partial charge in [0.1, 0.15) is 0 Å². The van der Waals surface area contributed by atoms with Crippen molar-refractivity contribution in [1.82, 2.24) is 5.32 Å². The van der Waals surface area contributed by atoms with E-state index in [0.29, 0.717) is 6.04 Å². The highest BCUT2D eigenvalue weighted by Crippen LogP contribution is 2.03. The van der Waals surface area contributed by atoms with Gasteiger partial charge in [0, 0.05) is 12.6 Å². The summed E-state index contributed by atoms with van der Waals surface area (Å²) >= 11 is 0. The van der Waals surface area contributed by atoms with Crippen LogP contribution in [0.25, 0.3) is 0 Å². The Kier molecular flexibility index (Phi) is 8.59. The van der Waals surface area contributed by atoms with Gasteiger partial charge in [-0.15, -0.1) is 25.6 Å². The summed E-state index contributed by atoms with van der Waals surface area (Å²) < 4.78 is 0. The molecule has 0 fully saturated rings.